The molecule has 0 atom stereocenters. The van der Waals surface area contributed by atoms with Gasteiger partial charge >= 0.3 is 11.9 Å². The quantitative estimate of drug-likeness (QED) is 0.255. The van der Waals surface area contributed by atoms with Crippen molar-refractivity contribution < 1.29 is 19.1 Å². The number of hydrogen-bond acceptors (Lipinski definition) is 4. The van der Waals surface area contributed by atoms with E-state index in [1.807, 2.05) is 49.4 Å². The number of rotatable bonds is 5. The number of ether oxygens (including phenoxy) is 2. The zero-order chi connectivity index (χ0) is 20.4. The van der Waals surface area contributed by atoms with Crippen molar-refractivity contribution in [1.82, 2.24) is 0 Å². The minimum absolute atomic E-state index is 0.307. The first-order valence-electron chi connectivity index (χ1n) is 9.06. The van der Waals surface area contributed by atoms with E-state index < -0.39 is 11.9 Å². The molecular formula is C24H22O4. The van der Waals surface area contributed by atoms with Crippen LogP contribution in [0.2, 0.25) is 0 Å². The molecule has 0 spiro atoms. The van der Waals surface area contributed by atoms with E-state index in [1.165, 1.54) is 0 Å². The molecule has 0 unspecified atom stereocenters. The van der Waals surface area contributed by atoms with E-state index >= 15 is 0 Å². The number of esters is 2. The lowest BCUT2D eigenvalue weighted by Crippen LogP contribution is -2.11. The lowest BCUT2D eigenvalue weighted by Gasteiger charge is -2.18. The predicted octanol–water partition coefficient (Wildman–Crippen LogP) is 5.52. The fourth-order valence-electron chi connectivity index (χ4n) is 3.09. The molecule has 0 amide bonds. The second-order valence-corrected chi connectivity index (χ2v) is 6.74. The van der Waals surface area contributed by atoms with Crippen LogP contribution in [0.15, 0.2) is 66.8 Å². The Balaban J connectivity index is 2.44. The van der Waals surface area contributed by atoms with Crippen LogP contribution in [0.1, 0.15) is 26.3 Å². The molecular weight excluding hydrogens is 352 g/mol. The highest BCUT2D eigenvalue weighted by Crippen LogP contribution is 2.44. The predicted molar refractivity (Wildman–Crippen MR) is 112 cm³/mol. The number of aryl methyl sites for hydroxylation is 1. The molecule has 0 heterocycles. The van der Waals surface area contributed by atoms with Gasteiger partial charge in [0, 0.05) is 32.7 Å². The number of carbonyl (C=O) groups is 2. The highest BCUT2D eigenvalue weighted by molar-refractivity contribution is 6.14. The van der Waals surface area contributed by atoms with E-state index in [1.54, 1.807) is 13.8 Å². The number of fused-ring (bicyclic) bond motifs is 2. The van der Waals surface area contributed by atoms with Crippen LogP contribution in [-0.4, -0.2) is 11.9 Å². The van der Waals surface area contributed by atoms with Crippen molar-refractivity contribution in [2.75, 3.05) is 0 Å². The first-order valence-corrected chi connectivity index (χ1v) is 9.06. The molecule has 0 aliphatic rings. The number of carbonyl (C=O) groups excluding carboxylic acids is 2. The van der Waals surface area contributed by atoms with Crippen LogP contribution in [0.4, 0.5) is 0 Å². The fourth-order valence-corrected chi connectivity index (χ4v) is 3.09. The van der Waals surface area contributed by atoms with Crippen LogP contribution in [0.25, 0.3) is 21.5 Å². The molecule has 0 saturated carbocycles. The van der Waals surface area contributed by atoms with Gasteiger partial charge in [-0.2, -0.15) is 0 Å². The summed E-state index contributed by atoms with van der Waals surface area (Å²) in [6, 6.07) is 13.1. The van der Waals surface area contributed by atoms with Crippen molar-refractivity contribution in [1.29, 1.82) is 0 Å². The summed E-state index contributed by atoms with van der Waals surface area (Å²) in [7, 11) is 0. The van der Waals surface area contributed by atoms with Crippen LogP contribution >= 0.6 is 0 Å². The monoisotopic (exact) mass is 374 g/mol. The van der Waals surface area contributed by atoms with Gasteiger partial charge in [0.2, 0.25) is 0 Å². The zero-order valence-corrected chi connectivity index (χ0v) is 16.3. The topological polar surface area (TPSA) is 52.6 Å². The molecule has 28 heavy (non-hydrogen) atoms. The van der Waals surface area contributed by atoms with Gasteiger partial charge in [-0.25, -0.2) is 9.59 Å². The fraction of sp³-hybridized carbons (Fsp3) is 0.167. The van der Waals surface area contributed by atoms with E-state index in [0.29, 0.717) is 38.8 Å². The minimum atomic E-state index is -0.500. The van der Waals surface area contributed by atoms with Gasteiger partial charge in [0.25, 0.3) is 0 Å². The van der Waals surface area contributed by atoms with Crippen LogP contribution in [0, 0.1) is 0 Å². The Morgan fingerprint density at radius 3 is 1.82 bits per heavy atom. The smallest absolute Gasteiger partial charge is 0.338 e. The van der Waals surface area contributed by atoms with Gasteiger partial charge in [-0.1, -0.05) is 62.5 Å². The Labute approximate surface area is 164 Å². The van der Waals surface area contributed by atoms with Crippen molar-refractivity contribution in [3.63, 3.8) is 0 Å². The Bertz CT molecular complexity index is 1140. The normalized spacial score (nSPS) is 10.7. The Kier molecular flexibility index (Phi) is 5.32. The average Bonchev–Trinajstić information content (AvgIpc) is 2.69. The summed E-state index contributed by atoms with van der Waals surface area (Å²) in [5.41, 5.74) is 1.60. The third-order valence-corrected chi connectivity index (χ3v) is 4.51. The maximum Gasteiger partial charge on any atom is 0.338 e. The van der Waals surface area contributed by atoms with E-state index in [-0.39, 0.29) is 0 Å². The highest BCUT2D eigenvalue weighted by atomic mass is 16.5. The third-order valence-electron chi connectivity index (χ3n) is 4.51. The molecule has 0 N–H and O–H groups in total. The van der Waals surface area contributed by atoms with Gasteiger partial charge in [-0.3, -0.25) is 0 Å². The van der Waals surface area contributed by atoms with Crippen molar-refractivity contribution in [2.45, 2.75) is 27.2 Å². The second kappa shape index (κ2) is 7.69. The second-order valence-electron chi connectivity index (χ2n) is 6.74. The summed E-state index contributed by atoms with van der Waals surface area (Å²) >= 11 is 0. The zero-order valence-electron chi connectivity index (χ0n) is 16.3. The van der Waals surface area contributed by atoms with Gasteiger partial charge in [-0.05, 0) is 25.8 Å². The van der Waals surface area contributed by atoms with Gasteiger partial charge in [0.05, 0.1) is 0 Å². The van der Waals surface area contributed by atoms with Crippen LogP contribution in [0.3, 0.4) is 0 Å². The lowest BCUT2D eigenvalue weighted by atomic mass is 9.96. The molecule has 0 aromatic heterocycles. The maximum atomic E-state index is 12.3. The third kappa shape index (κ3) is 3.41. The van der Waals surface area contributed by atoms with Gasteiger partial charge in [0.15, 0.2) is 0 Å². The Hall–Kier alpha value is -3.40. The van der Waals surface area contributed by atoms with E-state index in [0.717, 1.165) is 17.4 Å². The Morgan fingerprint density at radius 1 is 0.786 bits per heavy atom. The van der Waals surface area contributed by atoms with Gasteiger partial charge in [0.1, 0.15) is 11.5 Å². The first kappa shape index (κ1) is 19.4. The average molecular weight is 374 g/mol. The molecule has 3 aromatic carbocycles. The van der Waals surface area contributed by atoms with Crippen molar-refractivity contribution in [3.8, 4) is 11.5 Å². The molecule has 3 rings (SSSR count). The molecule has 0 fully saturated rings. The minimum Gasteiger partial charge on any atom is -0.422 e. The Morgan fingerprint density at radius 2 is 1.29 bits per heavy atom. The van der Waals surface area contributed by atoms with E-state index in [9.17, 15) is 9.59 Å². The molecule has 0 aliphatic carbocycles. The summed E-state index contributed by atoms with van der Waals surface area (Å²) in [6.07, 6.45) is 0.723. The summed E-state index contributed by atoms with van der Waals surface area (Å²) < 4.78 is 11.5. The van der Waals surface area contributed by atoms with Crippen molar-refractivity contribution in [3.05, 3.63) is 72.3 Å². The lowest BCUT2D eigenvalue weighted by molar-refractivity contribution is -0.130. The van der Waals surface area contributed by atoms with Gasteiger partial charge in [-0.15, -0.1) is 0 Å². The molecule has 4 heteroatoms. The largest absolute Gasteiger partial charge is 0.422 e. The molecule has 142 valence electrons. The molecule has 0 bridgehead atoms. The highest BCUT2D eigenvalue weighted by Gasteiger charge is 2.22. The van der Waals surface area contributed by atoms with Crippen LogP contribution in [-0.2, 0) is 16.0 Å². The van der Waals surface area contributed by atoms with Gasteiger partial charge < -0.3 is 9.47 Å². The number of benzene rings is 3. The molecule has 0 aliphatic heterocycles. The van der Waals surface area contributed by atoms with Crippen molar-refractivity contribution in [2.24, 2.45) is 0 Å². The molecule has 0 saturated heterocycles. The maximum absolute atomic E-state index is 12.3. The summed E-state index contributed by atoms with van der Waals surface area (Å²) in [6.45, 7) is 12.6. The molecule has 4 nitrogen and oxygen atoms in total. The summed E-state index contributed by atoms with van der Waals surface area (Å²) in [5.74, 6) is -0.112. The summed E-state index contributed by atoms with van der Waals surface area (Å²) in [4.78, 5) is 24.6. The summed E-state index contributed by atoms with van der Waals surface area (Å²) in [5, 5.41) is 2.83. The standard InChI is InChI=1S/C24H22O4/c1-6-16-10-9-13-19-20(16)22(28-24(26)15(4)5)18-12-8-7-11-17(18)21(19)27-23(25)14(2)3/h7-13H,2,4,6H2,1,3,5H3. The van der Waals surface area contributed by atoms with E-state index in [4.69, 9.17) is 9.47 Å². The SMILES string of the molecule is C=C(C)C(=O)Oc1c2ccccc2c(OC(=O)C(=C)C)c2c(CC)cccc12. The first-order chi connectivity index (χ1) is 13.3. The van der Waals surface area contributed by atoms with Crippen molar-refractivity contribution >= 4 is 33.5 Å². The number of hydrogen-bond donors (Lipinski definition) is 0. The molecule has 3 aromatic rings. The van der Waals surface area contributed by atoms with E-state index in [2.05, 4.69) is 13.2 Å². The van der Waals surface area contributed by atoms with Crippen LogP contribution in [0.5, 0.6) is 11.5 Å². The molecule has 0 radical (unpaired) electrons. The van der Waals surface area contributed by atoms with Crippen LogP contribution < -0.4 is 9.47 Å².